The van der Waals surface area contributed by atoms with Crippen molar-refractivity contribution in [1.82, 2.24) is 9.88 Å². The molecule has 0 radical (unpaired) electrons. The summed E-state index contributed by atoms with van der Waals surface area (Å²) in [6.07, 6.45) is 1.12. The minimum atomic E-state index is 0. The highest BCUT2D eigenvalue weighted by atomic mass is 79.9. The smallest absolute Gasteiger partial charge is 0.0730 e. The second-order valence-corrected chi connectivity index (χ2v) is 6.02. The van der Waals surface area contributed by atoms with Crippen LogP contribution in [0.5, 0.6) is 0 Å². The lowest BCUT2D eigenvalue weighted by atomic mass is 10.1. The largest absolute Gasteiger partial charge is 0.384 e. The Bertz CT molecular complexity index is 776. The molecular formula is C20H25Br2N3. The van der Waals surface area contributed by atoms with Crippen LogP contribution in [0.1, 0.15) is 6.42 Å². The van der Waals surface area contributed by atoms with Crippen molar-refractivity contribution in [1.29, 1.82) is 0 Å². The number of benzene rings is 2. The quantitative estimate of drug-likeness (QED) is 0.491. The summed E-state index contributed by atoms with van der Waals surface area (Å²) < 4.78 is 0. The molecule has 0 fully saturated rings. The number of nitrogens with zero attached hydrogens (tertiary/aromatic N) is 2. The van der Waals surface area contributed by atoms with Crippen molar-refractivity contribution in [3.8, 4) is 11.3 Å². The zero-order chi connectivity index (χ0) is 16.1. The normalized spacial score (nSPS) is 10.2. The van der Waals surface area contributed by atoms with Crippen LogP contribution in [-0.4, -0.2) is 37.1 Å². The number of para-hydroxylation sites is 1. The van der Waals surface area contributed by atoms with Gasteiger partial charge in [-0.2, -0.15) is 0 Å². The molecule has 0 atom stereocenters. The van der Waals surface area contributed by atoms with E-state index in [2.05, 4.69) is 72.8 Å². The first kappa shape index (κ1) is 21.6. The molecule has 1 heterocycles. The van der Waals surface area contributed by atoms with E-state index in [0.29, 0.717) is 0 Å². The first-order valence-electron chi connectivity index (χ1n) is 8.08. The van der Waals surface area contributed by atoms with Gasteiger partial charge < -0.3 is 10.2 Å². The second kappa shape index (κ2) is 10.5. The van der Waals surface area contributed by atoms with Crippen LogP contribution in [-0.2, 0) is 0 Å². The van der Waals surface area contributed by atoms with E-state index in [0.717, 1.165) is 42.0 Å². The predicted molar refractivity (Wildman–Crippen MR) is 119 cm³/mol. The molecule has 5 heteroatoms. The summed E-state index contributed by atoms with van der Waals surface area (Å²) in [5.74, 6) is 0. The Morgan fingerprint density at radius 1 is 0.920 bits per heavy atom. The molecule has 0 bridgehead atoms. The SMILES string of the molecule is Br.Br.CN(C)CCCNc1cc(-c2ccccc2)nc2ccccc12. The van der Waals surface area contributed by atoms with Crippen molar-refractivity contribution < 1.29 is 0 Å². The summed E-state index contributed by atoms with van der Waals surface area (Å²) in [6.45, 7) is 2.04. The topological polar surface area (TPSA) is 28.2 Å². The van der Waals surface area contributed by atoms with Crippen LogP contribution in [0.3, 0.4) is 0 Å². The first-order chi connectivity index (χ1) is 11.2. The molecule has 0 spiro atoms. The summed E-state index contributed by atoms with van der Waals surface area (Å²) in [5, 5.41) is 4.76. The first-order valence-corrected chi connectivity index (χ1v) is 8.08. The lowest BCUT2D eigenvalue weighted by Gasteiger charge is -2.14. The van der Waals surface area contributed by atoms with E-state index in [-0.39, 0.29) is 34.0 Å². The Morgan fingerprint density at radius 2 is 1.60 bits per heavy atom. The van der Waals surface area contributed by atoms with E-state index in [1.165, 1.54) is 5.39 Å². The van der Waals surface area contributed by atoms with Gasteiger partial charge in [-0.3, -0.25) is 0 Å². The summed E-state index contributed by atoms with van der Waals surface area (Å²) in [5.41, 5.74) is 4.35. The molecule has 0 amide bonds. The lowest BCUT2D eigenvalue weighted by Crippen LogP contribution is -2.16. The average molecular weight is 467 g/mol. The number of rotatable bonds is 6. The lowest BCUT2D eigenvalue weighted by molar-refractivity contribution is 0.405. The van der Waals surface area contributed by atoms with Gasteiger partial charge >= 0.3 is 0 Å². The molecule has 0 unspecified atom stereocenters. The zero-order valence-corrected chi connectivity index (χ0v) is 18.0. The molecule has 1 aromatic heterocycles. The average Bonchev–Trinajstić information content (AvgIpc) is 2.59. The van der Waals surface area contributed by atoms with Gasteiger partial charge in [-0.1, -0.05) is 48.5 Å². The molecule has 0 aliphatic heterocycles. The molecule has 1 N–H and O–H groups in total. The Morgan fingerprint density at radius 3 is 2.32 bits per heavy atom. The number of halogens is 2. The summed E-state index contributed by atoms with van der Waals surface area (Å²) in [4.78, 5) is 7.02. The number of nitrogens with one attached hydrogen (secondary N) is 1. The number of hydrogen-bond donors (Lipinski definition) is 1. The van der Waals surface area contributed by atoms with E-state index in [1.54, 1.807) is 0 Å². The number of aromatic nitrogens is 1. The fourth-order valence-electron chi connectivity index (χ4n) is 2.70. The minimum absolute atomic E-state index is 0. The Balaban J connectivity index is 0.00000156. The molecule has 0 aliphatic carbocycles. The molecule has 3 nitrogen and oxygen atoms in total. The van der Waals surface area contributed by atoms with E-state index < -0.39 is 0 Å². The third-order valence-corrected chi connectivity index (χ3v) is 3.88. The van der Waals surface area contributed by atoms with E-state index in [1.807, 2.05) is 12.1 Å². The maximum absolute atomic E-state index is 4.81. The summed E-state index contributed by atoms with van der Waals surface area (Å²) in [7, 11) is 4.21. The van der Waals surface area contributed by atoms with E-state index in [4.69, 9.17) is 4.98 Å². The van der Waals surface area contributed by atoms with Gasteiger partial charge in [-0.05, 0) is 39.2 Å². The molecule has 134 valence electrons. The van der Waals surface area contributed by atoms with Gasteiger partial charge in [-0.15, -0.1) is 34.0 Å². The highest BCUT2D eigenvalue weighted by molar-refractivity contribution is 8.93. The van der Waals surface area contributed by atoms with Crippen molar-refractivity contribution in [3.05, 3.63) is 60.7 Å². The van der Waals surface area contributed by atoms with E-state index >= 15 is 0 Å². The summed E-state index contributed by atoms with van der Waals surface area (Å²) >= 11 is 0. The predicted octanol–water partition coefficient (Wildman–Crippen LogP) is 5.42. The van der Waals surface area contributed by atoms with Crippen LogP contribution in [0.25, 0.3) is 22.2 Å². The van der Waals surface area contributed by atoms with Crippen molar-refractivity contribution in [2.75, 3.05) is 32.5 Å². The third kappa shape index (κ3) is 5.80. The molecule has 0 aliphatic rings. The fourth-order valence-corrected chi connectivity index (χ4v) is 2.70. The third-order valence-electron chi connectivity index (χ3n) is 3.88. The second-order valence-electron chi connectivity index (χ2n) is 6.02. The van der Waals surface area contributed by atoms with Crippen LogP contribution < -0.4 is 5.32 Å². The van der Waals surface area contributed by atoms with Gasteiger partial charge in [0.25, 0.3) is 0 Å². The van der Waals surface area contributed by atoms with Gasteiger partial charge in [-0.25, -0.2) is 4.98 Å². The van der Waals surface area contributed by atoms with E-state index in [9.17, 15) is 0 Å². The molecule has 25 heavy (non-hydrogen) atoms. The minimum Gasteiger partial charge on any atom is -0.384 e. The maximum atomic E-state index is 4.81. The van der Waals surface area contributed by atoms with Crippen molar-refractivity contribution >= 4 is 50.6 Å². The van der Waals surface area contributed by atoms with Crippen LogP contribution >= 0.6 is 34.0 Å². The number of fused-ring (bicyclic) bond motifs is 1. The fraction of sp³-hybridized carbons (Fsp3) is 0.250. The van der Waals surface area contributed by atoms with Crippen LogP contribution in [0.15, 0.2) is 60.7 Å². The monoisotopic (exact) mass is 465 g/mol. The molecule has 3 rings (SSSR count). The number of hydrogen-bond acceptors (Lipinski definition) is 3. The molecule has 3 aromatic rings. The van der Waals surface area contributed by atoms with Crippen LogP contribution in [0.2, 0.25) is 0 Å². The number of pyridine rings is 1. The molecular weight excluding hydrogens is 442 g/mol. The van der Waals surface area contributed by atoms with Crippen molar-refractivity contribution in [2.24, 2.45) is 0 Å². The molecule has 0 saturated carbocycles. The van der Waals surface area contributed by atoms with Crippen LogP contribution in [0.4, 0.5) is 5.69 Å². The Labute approximate surface area is 171 Å². The van der Waals surface area contributed by atoms with Gasteiger partial charge in [0.2, 0.25) is 0 Å². The highest BCUT2D eigenvalue weighted by Gasteiger charge is 2.07. The van der Waals surface area contributed by atoms with Gasteiger partial charge in [0.05, 0.1) is 11.2 Å². The Kier molecular flexibility index (Phi) is 9.11. The van der Waals surface area contributed by atoms with Gasteiger partial charge in [0.15, 0.2) is 0 Å². The zero-order valence-electron chi connectivity index (χ0n) is 14.6. The van der Waals surface area contributed by atoms with Gasteiger partial charge in [0, 0.05) is 23.2 Å². The molecule has 0 saturated heterocycles. The molecule has 2 aromatic carbocycles. The van der Waals surface area contributed by atoms with Crippen molar-refractivity contribution in [3.63, 3.8) is 0 Å². The Hall–Kier alpha value is -1.43. The maximum Gasteiger partial charge on any atom is 0.0730 e. The standard InChI is InChI=1S/C20H23N3.2BrH/c1-23(2)14-8-13-21-20-15-19(16-9-4-3-5-10-16)22-18-12-7-6-11-17(18)20;;/h3-7,9-12,15H,8,13-14H2,1-2H3,(H,21,22);2*1H. The number of anilines is 1. The van der Waals surface area contributed by atoms with Crippen molar-refractivity contribution in [2.45, 2.75) is 6.42 Å². The summed E-state index contributed by atoms with van der Waals surface area (Å²) in [6, 6.07) is 20.8. The van der Waals surface area contributed by atoms with Crippen LogP contribution in [0, 0.1) is 0 Å². The highest BCUT2D eigenvalue weighted by Crippen LogP contribution is 2.28. The van der Waals surface area contributed by atoms with Gasteiger partial charge in [0.1, 0.15) is 0 Å².